The van der Waals surface area contributed by atoms with Gasteiger partial charge in [-0.25, -0.2) is 4.98 Å². The third-order valence-electron chi connectivity index (χ3n) is 3.48. The SMILES string of the molecule is CC1CN(C)CCC1NC(=O)c1cnc(Cl)c(Cl)c1. The van der Waals surface area contributed by atoms with Crippen LogP contribution in [0, 0.1) is 5.92 Å². The number of aromatic nitrogens is 1. The highest BCUT2D eigenvalue weighted by Gasteiger charge is 2.25. The molecule has 0 bridgehead atoms. The maximum Gasteiger partial charge on any atom is 0.253 e. The zero-order chi connectivity index (χ0) is 14.0. The van der Waals surface area contributed by atoms with E-state index in [2.05, 4.69) is 29.2 Å². The lowest BCUT2D eigenvalue weighted by Gasteiger charge is -2.35. The van der Waals surface area contributed by atoms with Gasteiger partial charge in [-0.15, -0.1) is 0 Å². The molecule has 1 aromatic rings. The van der Waals surface area contributed by atoms with Gasteiger partial charge in [0.15, 0.2) is 0 Å². The molecule has 0 radical (unpaired) electrons. The van der Waals surface area contributed by atoms with Crippen LogP contribution in [0.25, 0.3) is 0 Å². The lowest BCUT2D eigenvalue weighted by atomic mass is 9.94. The van der Waals surface area contributed by atoms with E-state index in [-0.39, 0.29) is 17.1 Å². The van der Waals surface area contributed by atoms with Crippen molar-refractivity contribution < 1.29 is 4.79 Å². The van der Waals surface area contributed by atoms with Crippen molar-refractivity contribution in [3.63, 3.8) is 0 Å². The van der Waals surface area contributed by atoms with Crippen LogP contribution >= 0.6 is 23.2 Å². The van der Waals surface area contributed by atoms with Crippen molar-refractivity contribution in [1.82, 2.24) is 15.2 Å². The van der Waals surface area contributed by atoms with Crippen LogP contribution in [-0.2, 0) is 0 Å². The van der Waals surface area contributed by atoms with Crippen molar-refractivity contribution in [3.8, 4) is 0 Å². The van der Waals surface area contributed by atoms with Gasteiger partial charge in [0, 0.05) is 18.8 Å². The minimum absolute atomic E-state index is 0.146. The average Bonchev–Trinajstić information content (AvgIpc) is 2.36. The average molecular weight is 302 g/mol. The Labute approximate surface area is 123 Å². The fraction of sp³-hybridized carbons (Fsp3) is 0.538. The Bertz CT molecular complexity index is 481. The van der Waals surface area contributed by atoms with Crippen LogP contribution in [0.2, 0.25) is 10.2 Å². The van der Waals surface area contributed by atoms with Crippen molar-refractivity contribution >= 4 is 29.1 Å². The molecule has 2 heterocycles. The molecule has 1 aliphatic rings. The summed E-state index contributed by atoms with van der Waals surface area (Å²) in [5, 5.41) is 3.56. The number of rotatable bonds is 2. The second-order valence-corrected chi connectivity index (χ2v) is 5.87. The fourth-order valence-corrected chi connectivity index (χ4v) is 2.64. The summed E-state index contributed by atoms with van der Waals surface area (Å²) < 4.78 is 0. The van der Waals surface area contributed by atoms with Crippen LogP contribution in [0.3, 0.4) is 0 Å². The van der Waals surface area contributed by atoms with Crippen LogP contribution in [0.5, 0.6) is 0 Å². The Kier molecular flexibility index (Phi) is 4.66. The largest absolute Gasteiger partial charge is 0.349 e. The maximum atomic E-state index is 12.1. The summed E-state index contributed by atoms with van der Waals surface area (Å²) in [4.78, 5) is 18.3. The third kappa shape index (κ3) is 3.59. The smallest absolute Gasteiger partial charge is 0.253 e. The zero-order valence-electron chi connectivity index (χ0n) is 11.0. The summed E-state index contributed by atoms with van der Waals surface area (Å²) >= 11 is 11.6. The van der Waals surface area contributed by atoms with Gasteiger partial charge in [-0.3, -0.25) is 4.79 Å². The molecular formula is C13H17Cl2N3O. The number of nitrogens with one attached hydrogen (secondary N) is 1. The first kappa shape index (κ1) is 14.6. The summed E-state index contributed by atoms with van der Waals surface area (Å²) in [6.45, 7) is 4.13. The summed E-state index contributed by atoms with van der Waals surface area (Å²) in [6.07, 6.45) is 2.40. The van der Waals surface area contributed by atoms with Gasteiger partial charge in [-0.2, -0.15) is 0 Å². The highest BCUT2D eigenvalue weighted by Crippen LogP contribution is 2.20. The summed E-state index contributed by atoms with van der Waals surface area (Å²) in [6, 6.07) is 1.74. The predicted octanol–water partition coefficient (Wildman–Crippen LogP) is 2.46. The van der Waals surface area contributed by atoms with Gasteiger partial charge in [0.25, 0.3) is 5.91 Å². The number of nitrogens with zero attached hydrogens (tertiary/aromatic N) is 2. The molecule has 104 valence electrons. The molecule has 0 aliphatic carbocycles. The van der Waals surface area contributed by atoms with Gasteiger partial charge in [0.1, 0.15) is 5.15 Å². The summed E-state index contributed by atoms with van der Waals surface area (Å²) in [5.41, 5.74) is 0.445. The van der Waals surface area contributed by atoms with E-state index in [4.69, 9.17) is 23.2 Å². The Hall–Kier alpha value is -0.840. The van der Waals surface area contributed by atoms with Gasteiger partial charge in [0.05, 0.1) is 10.6 Å². The Morgan fingerprint density at radius 3 is 2.89 bits per heavy atom. The molecule has 6 heteroatoms. The van der Waals surface area contributed by atoms with E-state index in [0.717, 1.165) is 19.5 Å². The van der Waals surface area contributed by atoms with Crippen LogP contribution in [0.1, 0.15) is 23.7 Å². The predicted molar refractivity (Wildman–Crippen MR) is 76.8 cm³/mol. The normalized spacial score (nSPS) is 24.2. The summed E-state index contributed by atoms with van der Waals surface area (Å²) in [5.74, 6) is 0.283. The van der Waals surface area contributed by atoms with E-state index in [9.17, 15) is 4.79 Å². The number of carbonyl (C=O) groups excluding carboxylic acids is 1. The lowest BCUT2D eigenvalue weighted by molar-refractivity contribution is 0.0883. The number of pyridine rings is 1. The molecule has 0 saturated carbocycles. The second kappa shape index (κ2) is 6.07. The molecule has 19 heavy (non-hydrogen) atoms. The first-order chi connectivity index (χ1) is 8.97. The van der Waals surface area contributed by atoms with Crippen LogP contribution in [0.15, 0.2) is 12.3 Å². The lowest BCUT2D eigenvalue weighted by Crippen LogP contribution is -2.48. The van der Waals surface area contributed by atoms with Gasteiger partial charge in [-0.05, 0) is 32.0 Å². The molecule has 2 unspecified atom stereocenters. The first-order valence-electron chi connectivity index (χ1n) is 6.28. The molecule has 1 aliphatic heterocycles. The third-order valence-corrected chi connectivity index (χ3v) is 4.17. The van der Waals surface area contributed by atoms with E-state index < -0.39 is 0 Å². The quantitative estimate of drug-likeness (QED) is 0.854. The minimum Gasteiger partial charge on any atom is -0.349 e. The maximum absolute atomic E-state index is 12.1. The molecule has 2 rings (SSSR count). The van der Waals surface area contributed by atoms with E-state index in [0.29, 0.717) is 16.5 Å². The molecule has 1 aromatic heterocycles. The van der Waals surface area contributed by atoms with Crippen LogP contribution in [0.4, 0.5) is 0 Å². The van der Waals surface area contributed by atoms with Gasteiger partial charge < -0.3 is 10.2 Å². The highest BCUT2D eigenvalue weighted by molar-refractivity contribution is 6.41. The van der Waals surface area contributed by atoms with Gasteiger partial charge >= 0.3 is 0 Å². The molecule has 1 saturated heterocycles. The van der Waals surface area contributed by atoms with Gasteiger partial charge in [0.2, 0.25) is 0 Å². The zero-order valence-corrected chi connectivity index (χ0v) is 12.5. The standard InChI is InChI=1S/C13H17Cl2N3O/c1-8-7-18(2)4-3-11(8)17-13(19)9-5-10(14)12(15)16-6-9/h5-6,8,11H,3-4,7H2,1-2H3,(H,17,19). The Morgan fingerprint density at radius 1 is 1.53 bits per heavy atom. The molecule has 0 aromatic carbocycles. The van der Waals surface area contributed by atoms with Crippen LogP contribution in [-0.4, -0.2) is 42.0 Å². The number of amides is 1. The molecular weight excluding hydrogens is 285 g/mol. The topological polar surface area (TPSA) is 45.2 Å². The van der Waals surface area contributed by atoms with E-state index in [1.807, 2.05) is 0 Å². The number of likely N-dealkylation sites (tertiary alicyclic amines) is 1. The second-order valence-electron chi connectivity index (χ2n) is 5.10. The number of halogens is 2. The molecule has 1 fully saturated rings. The molecule has 4 nitrogen and oxygen atoms in total. The first-order valence-corrected chi connectivity index (χ1v) is 7.03. The van der Waals surface area contributed by atoms with Crippen molar-refractivity contribution in [1.29, 1.82) is 0 Å². The Morgan fingerprint density at radius 2 is 2.26 bits per heavy atom. The van der Waals surface area contributed by atoms with Gasteiger partial charge in [-0.1, -0.05) is 30.1 Å². The van der Waals surface area contributed by atoms with E-state index in [1.54, 1.807) is 6.07 Å². The molecule has 2 atom stereocenters. The van der Waals surface area contributed by atoms with Crippen molar-refractivity contribution in [2.45, 2.75) is 19.4 Å². The minimum atomic E-state index is -0.146. The number of hydrogen-bond donors (Lipinski definition) is 1. The van der Waals surface area contributed by atoms with Crippen molar-refractivity contribution in [2.75, 3.05) is 20.1 Å². The molecule has 1 amide bonds. The monoisotopic (exact) mass is 301 g/mol. The van der Waals surface area contributed by atoms with E-state index >= 15 is 0 Å². The van der Waals surface area contributed by atoms with Crippen molar-refractivity contribution in [2.24, 2.45) is 5.92 Å². The van der Waals surface area contributed by atoms with Crippen molar-refractivity contribution in [3.05, 3.63) is 28.0 Å². The molecule has 1 N–H and O–H groups in total. The van der Waals surface area contributed by atoms with E-state index in [1.165, 1.54) is 6.20 Å². The molecule has 0 spiro atoms. The fourth-order valence-electron chi connectivity index (χ4n) is 2.37. The van der Waals surface area contributed by atoms with Crippen LogP contribution < -0.4 is 5.32 Å². The highest BCUT2D eigenvalue weighted by atomic mass is 35.5. The number of carbonyl (C=O) groups is 1. The number of hydrogen-bond acceptors (Lipinski definition) is 3. The summed E-state index contributed by atoms with van der Waals surface area (Å²) in [7, 11) is 2.09. The number of piperidine rings is 1. The Balaban J connectivity index is 2.02.